The molecule has 1 amide bonds. The molecule has 27 heavy (non-hydrogen) atoms. The van der Waals surface area contributed by atoms with Gasteiger partial charge in [0.05, 0.1) is 16.8 Å². The lowest BCUT2D eigenvalue weighted by molar-refractivity contribution is -0.123. The number of fused-ring (bicyclic) bond motifs is 1. The third-order valence-corrected chi connectivity index (χ3v) is 4.43. The van der Waals surface area contributed by atoms with Gasteiger partial charge in [-0.25, -0.2) is 10.4 Å². The molecule has 3 aromatic rings. The Morgan fingerprint density at radius 2 is 2.00 bits per heavy atom. The van der Waals surface area contributed by atoms with Crippen molar-refractivity contribution in [2.75, 3.05) is 6.61 Å². The van der Waals surface area contributed by atoms with Gasteiger partial charge in [0.1, 0.15) is 10.9 Å². The van der Waals surface area contributed by atoms with Crippen LogP contribution in [0, 0.1) is 6.92 Å². The first kappa shape index (κ1) is 19.4. The maximum Gasteiger partial charge on any atom is 0.277 e. The van der Waals surface area contributed by atoms with Gasteiger partial charge in [-0.05, 0) is 42.8 Å². The monoisotopic (exact) mass is 421 g/mol. The summed E-state index contributed by atoms with van der Waals surface area (Å²) in [6.45, 7) is 1.74. The predicted molar refractivity (Wildman–Crippen MR) is 109 cm³/mol. The summed E-state index contributed by atoms with van der Waals surface area (Å²) in [7, 11) is 0. The van der Waals surface area contributed by atoms with Crippen molar-refractivity contribution in [1.29, 1.82) is 0 Å². The minimum absolute atomic E-state index is 0.248. The highest BCUT2D eigenvalue weighted by Crippen LogP contribution is 2.27. The van der Waals surface area contributed by atoms with Crippen LogP contribution in [0.4, 0.5) is 0 Å². The number of ether oxygens (including phenoxy) is 1. The number of carbonyl (C=O) groups is 1. The number of aromatic nitrogens is 1. The standard InChI is InChI=1S/C19H14Cl3N3O2/c1-11-2-3-12-7-13(19(22)24-16(12)6-11)9-23-25-18(26)10-27-17-5-4-14(20)8-15(17)21/h2-9H,10H2,1H3,(H,25,26)/b23-9+. The smallest absolute Gasteiger partial charge is 0.277 e. The first-order valence-corrected chi connectivity index (χ1v) is 9.02. The zero-order valence-electron chi connectivity index (χ0n) is 14.2. The topological polar surface area (TPSA) is 63.6 Å². The Balaban J connectivity index is 1.61. The maximum atomic E-state index is 11.9. The molecule has 1 heterocycles. The molecule has 8 heteroatoms. The minimum Gasteiger partial charge on any atom is -0.482 e. The molecule has 0 aliphatic rings. The number of benzene rings is 2. The number of rotatable bonds is 5. The van der Waals surface area contributed by atoms with Crippen LogP contribution in [0.1, 0.15) is 11.1 Å². The third-order valence-electron chi connectivity index (χ3n) is 3.60. The van der Waals surface area contributed by atoms with E-state index in [-0.39, 0.29) is 6.61 Å². The van der Waals surface area contributed by atoms with Crippen LogP contribution in [0.15, 0.2) is 47.6 Å². The van der Waals surface area contributed by atoms with Gasteiger partial charge in [-0.1, -0.05) is 46.9 Å². The molecule has 2 aromatic carbocycles. The lowest BCUT2D eigenvalue weighted by atomic mass is 10.1. The van der Waals surface area contributed by atoms with E-state index in [4.69, 9.17) is 39.5 Å². The highest BCUT2D eigenvalue weighted by molar-refractivity contribution is 6.35. The molecule has 0 spiro atoms. The number of hydrogen-bond donors (Lipinski definition) is 1. The van der Waals surface area contributed by atoms with Gasteiger partial charge in [-0.2, -0.15) is 5.10 Å². The van der Waals surface area contributed by atoms with Crippen molar-refractivity contribution in [3.63, 3.8) is 0 Å². The number of carbonyl (C=O) groups excluding carboxylic acids is 1. The average molecular weight is 423 g/mol. The average Bonchev–Trinajstić information content (AvgIpc) is 2.61. The highest BCUT2D eigenvalue weighted by atomic mass is 35.5. The van der Waals surface area contributed by atoms with Gasteiger partial charge in [-0.15, -0.1) is 0 Å². The molecule has 5 nitrogen and oxygen atoms in total. The second-order valence-corrected chi connectivity index (χ2v) is 6.92. The van der Waals surface area contributed by atoms with Crippen molar-refractivity contribution in [2.45, 2.75) is 6.92 Å². The van der Waals surface area contributed by atoms with Gasteiger partial charge >= 0.3 is 0 Å². The summed E-state index contributed by atoms with van der Waals surface area (Å²) in [5, 5.41) is 5.93. The molecule has 0 fully saturated rings. The SMILES string of the molecule is Cc1ccc2cc(/C=N/NC(=O)COc3ccc(Cl)cc3Cl)c(Cl)nc2c1. The van der Waals surface area contributed by atoms with Crippen LogP contribution in [0.3, 0.4) is 0 Å². The molecule has 0 aliphatic heterocycles. The predicted octanol–water partition coefficient (Wildman–Crippen LogP) is 5.03. The molecule has 0 aliphatic carbocycles. The van der Waals surface area contributed by atoms with Crippen molar-refractivity contribution >= 4 is 57.8 Å². The second kappa shape index (κ2) is 8.57. The maximum absolute atomic E-state index is 11.9. The second-order valence-electron chi connectivity index (χ2n) is 5.72. The molecule has 0 radical (unpaired) electrons. The van der Waals surface area contributed by atoms with Crippen LogP contribution < -0.4 is 10.2 Å². The molecule has 1 aromatic heterocycles. The molecule has 0 unspecified atom stereocenters. The molecule has 0 saturated heterocycles. The first-order valence-electron chi connectivity index (χ1n) is 7.89. The zero-order chi connectivity index (χ0) is 19.4. The summed E-state index contributed by atoms with van der Waals surface area (Å²) in [5.74, 6) is -0.0879. The number of nitrogens with one attached hydrogen (secondary N) is 1. The Bertz CT molecular complexity index is 1040. The quantitative estimate of drug-likeness (QED) is 0.356. The molecular weight excluding hydrogens is 409 g/mol. The van der Waals surface area contributed by atoms with Gasteiger partial charge in [0.2, 0.25) is 0 Å². The number of aryl methyl sites for hydroxylation is 1. The van der Waals surface area contributed by atoms with E-state index in [1.165, 1.54) is 12.3 Å². The van der Waals surface area contributed by atoms with Crippen LogP contribution in [-0.4, -0.2) is 23.7 Å². The van der Waals surface area contributed by atoms with Gasteiger partial charge in [-0.3, -0.25) is 4.79 Å². The van der Waals surface area contributed by atoms with Crippen molar-refractivity contribution in [1.82, 2.24) is 10.4 Å². The van der Waals surface area contributed by atoms with Crippen molar-refractivity contribution < 1.29 is 9.53 Å². The molecule has 1 N–H and O–H groups in total. The van der Waals surface area contributed by atoms with E-state index in [9.17, 15) is 4.79 Å². The third kappa shape index (κ3) is 5.10. The van der Waals surface area contributed by atoms with E-state index in [1.54, 1.807) is 12.1 Å². The van der Waals surface area contributed by atoms with E-state index < -0.39 is 5.91 Å². The van der Waals surface area contributed by atoms with Crippen LogP contribution in [0.5, 0.6) is 5.75 Å². The summed E-state index contributed by atoms with van der Waals surface area (Å²) >= 11 is 18.0. The fourth-order valence-corrected chi connectivity index (χ4v) is 2.96. The van der Waals surface area contributed by atoms with Crippen LogP contribution >= 0.6 is 34.8 Å². The first-order chi connectivity index (χ1) is 12.9. The van der Waals surface area contributed by atoms with Crippen LogP contribution in [-0.2, 0) is 4.79 Å². The van der Waals surface area contributed by atoms with Crippen LogP contribution in [0.2, 0.25) is 15.2 Å². The number of halogens is 3. The van der Waals surface area contributed by atoms with Crippen molar-refractivity contribution in [2.24, 2.45) is 5.10 Å². The summed E-state index contributed by atoms with van der Waals surface area (Å²) in [5.41, 5.74) is 4.86. The van der Waals surface area contributed by atoms with Gasteiger partial charge < -0.3 is 4.74 Å². The fourth-order valence-electron chi connectivity index (χ4n) is 2.30. The molecular formula is C19H14Cl3N3O2. The molecule has 0 saturated carbocycles. The summed E-state index contributed by atoms with van der Waals surface area (Å²) < 4.78 is 5.33. The number of pyridine rings is 1. The normalized spacial score (nSPS) is 11.1. The number of hydrazone groups is 1. The summed E-state index contributed by atoms with van der Waals surface area (Å²) in [4.78, 5) is 16.2. The van der Waals surface area contributed by atoms with Gasteiger partial charge in [0.25, 0.3) is 5.91 Å². The van der Waals surface area contributed by atoms with E-state index >= 15 is 0 Å². The van der Waals surface area contributed by atoms with Crippen molar-refractivity contribution in [3.05, 3.63) is 68.8 Å². The molecule has 0 bridgehead atoms. The summed E-state index contributed by atoms with van der Waals surface area (Å²) in [6, 6.07) is 12.5. The summed E-state index contributed by atoms with van der Waals surface area (Å²) in [6.07, 6.45) is 1.43. The number of nitrogens with zero attached hydrogens (tertiary/aromatic N) is 2. The van der Waals surface area contributed by atoms with E-state index in [0.29, 0.717) is 26.5 Å². The Kier molecular flexibility index (Phi) is 6.16. The van der Waals surface area contributed by atoms with E-state index in [1.807, 2.05) is 31.2 Å². The van der Waals surface area contributed by atoms with Gasteiger partial charge in [0.15, 0.2) is 6.61 Å². The molecule has 0 atom stereocenters. The van der Waals surface area contributed by atoms with E-state index in [0.717, 1.165) is 16.5 Å². The van der Waals surface area contributed by atoms with E-state index in [2.05, 4.69) is 15.5 Å². The lowest BCUT2D eigenvalue weighted by Gasteiger charge is -2.07. The Hall–Kier alpha value is -2.34. The Morgan fingerprint density at radius 3 is 2.78 bits per heavy atom. The zero-order valence-corrected chi connectivity index (χ0v) is 16.4. The number of amides is 1. The van der Waals surface area contributed by atoms with Crippen molar-refractivity contribution in [3.8, 4) is 5.75 Å². The Morgan fingerprint density at radius 1 is 1.19 bits per heavy atom. The minimum atomic E-state index is -0.447. The largest absolute Gasteiger partial charge is 0.482 e. The number of hydrogen-bond acceptors (Lipinski definition) is 4. The van der Waals surface area contributed by atoms with Crippen LogP contribution in [0.25, 0.3) is 10.9 Å². The lowest BCUT2D eigenvalue weighted by Crippen LogP contribution is -2.24. The Labute approximate surface area is 170 Å². The highest BCUT2D eigenvalue weighted by Gasteiger charge is 2.07. The van der Waals surface area contributed by atoms with Gasteiger partial charge in [0, 0.05) is 16.0 Å². The molecule has 138 valence electrons. The fraction of sp³-hybridized carbons (Fsp3) is 0.105. The molecule has 3 rings (SSSR count).